The van der Waals surface area contributed by atoms with E-state index in [1.165, 1.54) is 12.1 Å². The molecule has 0 aliphatic rings. The number of hydrogen-bond acceptors (Lipinski definition) is 1. The molecule has 2 N–H and O–H groups in total. The van der Waals surface area contributed by atoms with Crippen LogP contribution in [0.4, 0.5) is 13.2 Å². The predicted molar refractivity (Wildman–Crippen MR) is 56.8 cm³/mol. The zero-order chi connectivity index (χ0) is 11.6. The maximum atomic E-state index is 12.1. The van der Waals surface area contributed by atoms with E-state index in [9.17, 15) is 13.2 Å². The molecule has 1 nitrogen and oxygen atoms in total. The Kier molecular flexibility index (Phi) is 4.03. The van der Waals surface area contributed by atoms with E-state index in [1.807, 2.05) is 0 Å². The number of nitrogens with two attached hydrogens (primary N) is 1. The quantitative estimate of drug-likeness (QED) is 0.876. The normalized spacial score (nSPS) is 14.0. The van der Waals surface area contributed by atoms with Gasteiger partial charge < -0.3 is 5.73 Å². The molecule has 6 heteroatoms. The van der Waals surface area contributed by atoms with Crippen molar-refractivity contribution in [1.29, 1.82) is 0 Å². The van der Waals surface area contributed by atoms with Crippen LogP contribution in [-0.4, -0.2) is 6.18 Å². The molecule has 1 rings (SSSR count). The van der Waals surface area contributed by atoms with Gasteiger partial charge in [-0.15, -0.1) is 0 Å². The van der Waals surface area contributed by atoms with E-state index in [4.69, 9.17) is 17.3 Å². The summed E-state index contributed by atoms with van der Waals surface area (Å²) in [7, 11) is 0. The first-order valence-corrected chi connectivity index (χ1v) is 5.24. The second-order valence-electron chi connectivity index (χ2n) is 3.09. The van der Waals surface area contributed by atoms with Gasteiger partial charge in [-0.2, -0.15) is 13.2 Å². The lowest BCUT2D eigenvalue weighted by Crippen LogP contribution is -2.20. The molecule has 84 valence electrons. The molecule has 0 aliphatic carbocycles. The van der Waals surface area contributed by atoms with Crippen molar-refractivity contribution in [3.05, 3.63) is 33.3 Å². The van der Waals surface area contributed by atoms with Gasteiger partial charge in [0.1, 0.15) is 0 Å². The maximum Gasteiger partial charge on any atom is 0.390 e. The van der Waals surface area contributed by atoms with Gasteiger partial charge in [-0.1, -0.05) is 33.6 Å². The van der Waals surface area contributed by atoms with Crippen LogP contribution in [0.5, 0.6) is 0 Å². The molecule has 0 aliphatic heterocycles. The fraction of sp³-hybridized carbons (Fsp3) is 0.333. The summed E-state index contributed by atoms with van der Waals surface area (Å²) in [5.74, 6) is 0. The van der Waals surface area contributed by atoms with Crippen LogP contribution in [-0.2, 0) is 0 Å². The molecule has 1 aromatic carbocycles. The molecule has 0 radical (unpaired) electrons. The van der Waals surface area contributed by atoms with Crippen LogP contribution >= 0.6 is 27.5 Å². The molecule has 0 heterocycles. The third-order valence-corrected chi connectivity index (χ3v) is 2.63. The van der Waals surface area contributed by atoms with E-state index in [-0.39, 0.29) is 5.02 Å². The van der Waals surface area contributed by atoms with Crippen LogP contribution in [0.3, 0.4) is 0 Å². The molecule has 1 atom stereocenters. The first-order chi connectivity index (χ1) is 6.79. The zero-order valence-corrected chi connectivity index (χ0v) is 9.83. The average Bonchev–Trinajstić information content (AvgIpc) is 1.99. The molecule has 0 amide bonds. The van der Waals surface area contributed by atoms with Gasteiger partial charge in [0.15, 0.2) is 0 Å². The summed E-state index contributed by atoms with van der Waals surface area (Å²) < 4.78 is 36.9. The Morgan fingerprint density at radius 1 is 1.40 bits per heavy atom. The largest absolute Gasteiger partial charge is 0.390 e. The minimum atomic E-state index is -4.28. The molecule has 0 spiro atoms. The van der Waals surface area contributed by atoms with Crippen LogP contribution in [0, 0.1) is 0 Å². The van der Waals surface area contributed by atoms with Gasteiger partial charge in [0.05, 0.1) is 6.42 Å². The molecular formula is C9H8BrClF3N. The lowest BCUT2D eigenvalue weighted by molar-refractivity contribution is -0.138. The summed E-state index contributed by atoms with van der Waals surface area (Å²) in [6.45, 7) is 0. The Labute approximate surface area is 98.5 Å². The fourth-order valence-electron chi connectivity index (χ4n) is 1.16. The second-order valence-corrected chi connectivity index (χ2v) is 4.41. The number of rotatable bonds is 2. The number of halogens is 5. The van der Waals surface area contributed by atoms with Gasteiger partial charge in [-0.3, -0.25) is 0 Å². The average molecular weight is 303 g/mol. The van der Waals surface area contributed by atoms with Crippen molar-refractivity contribution in [3.63, 3.8) is 0 Å². The molecule has 0 saturated heterocycles. The molecule has 15 heavy (non-hydrogen) atoms. The monoisotopic (exact) mass is 301 g/mol. The van der Waals surface area contributed by atoms with Gasteiger partial charge >= 0.3 is 6.18 Å². The first kappa shape index (κ1) is 12.8. The highest BCUT2D eigenvalue weighted by atomic mass is 79.9. The molecule has 0 fully saturated rings. The third-order valence-electron chi connectivity index (χ3n) is 1.81. The summed E-state index contributed by atoms with van der Waals surface area (Å²) in [5, 5.41) is 0.237. The standard InChI is InChI=1S/C9H8BrClF3N/c10-5-1-2-6(7(11)3-5)8(15)4-9(12,13)14/h1-3,8H,4,15H2/t8-/m1/s1. The first-order valence-electron chi connectivity index (χ1n) is 4.07. The van der Waals surface area contributed by atoms with Gasteiger partial charge in [0.2, 0.25) is 0 Å². The predicted octanol–water partition coefficient (Wildman–Crippen LogP) is 4.05. The van der Waals surface area contributed by atoms with E-state index < -0.39 is 18.6 Å². The van der Waals surface area contributed by atoms with Gasteiger partial charge in [-0.25, -0.2) is 0 Å². The third kappa shape index (κ3) is 4.01. The van der Waals surface area contributed by atoms with Crippen molar-refractivity contribution in [3.8, 4) is 0 Å². The summed E-state index contributed by atoms with van der Waals surface area (Å²) in [5.41, 5.74) is 5.72. The van der Waals surface area contributed by atoms with Gasteiger partial charge in [-0.05, 0) is 17.7 Å². The summed E-state index contributed by atoms with van der Waals surface area (Å²) >= 11 is 8.94. The van der Waals surface area contributed by atoms with Crippen molar-refractivity contribution in [2.75, 3.05) is 0 Å². The van der Waals surface area contributed by atoms with Crippen molar-refractivity contribution in [1.82, 2.24) is 0 Å². The van der Waals surface area contributed by atoms with E-state index in [0.29, 0.717) is 10.0 Å². The molecular weight excluding hydrogens is 294 g/mol. The van der Waals surface area contributed by atoms with E-state index in [2.05, 4.69) is 15.9 Å². The molecule has 0 saturated carbocycles. The van der Waals surface area contributed by atoms with Crippen LogP contribution in [0.25, 0.3) is 0 Å². The van der Waals surface area contributed by atoms with Crippen LogP contribution < -0.4 is 5.73 Å². The smallest absolute Gasteiger partial charge is 0.324 e. The molecule has 0 aromatic heterocycles. The molecule has 0 bridgehead atoms. The maximum absolute atomic E-state index is 12.1. The fourth-order valence-corrected chi connectivity index (χ4v) is 1.98. The minimum absolute atomic E-state index is 0.237. The summed E-state index contributed by atoms with van der Waals surface area (Å²) in [4.78, 5) is 0. The zero-order valence-electron chi connectivity index (χ0n) is 7.48. The van der Waals surface area contributed by atoms with Crippen molar-refractivity contribution < 1.29 is 13.2 Å². The van der Waals surface area contributed by atoms with Gasteiger partial charge in [0.25, 0.3) is 0 Å². The van der Waals surface area contributed by atoms with Crippen molar-refractivity contribution in [2.24, 2.45) is 5.73 Å². The lowest BCUT2D eigenvalue weighted by Gasteiger charge is -2.15. The van der Waals surface area contributed by atoms with Crippen molar-refractivity contribution >= 4 is 27.5 Å². The van der Waals surface area contributed by atoms with Crippen LogP contribution in [0.2, 0.25) is 5.02 Å². The number of hydrogen-bond donors (Lipinski definition) is 1. The lowest BCUT2D eigenvalue weighted by atomic mass is 10.0. The Morgan fingerprint density at radius 2 is 2.00 bits per heavy atom. The Balaban J connectivity index is 2.87. The highest BCUT2D eigenvalue weighted by molar-refractivity contribution is 9.10. The van der Waals surface area contributed by atoms with Crippen LogP contribution in [0.1, 0.15) is 18.0 Å². The topological polar surface area (TPSA) is 26.0 Å². The van der Waals surface area contributed by atoms with Gasteiger partial charge in [0, 0.05) is 15.5 Å². The van der Waals surface area contributed by atoms with Crippen LogP contribution in [0.15, 0.2) is 22.7 Å². The molecule has 0 unspecified atom stereocenters. The Bertz CT molecular complexity index is 354. The minimum Gasteiger partial charge on any atom is -0.324 e. The number of benzene rings is 1. The summed E-state index contributed by atoms with van der Waals surface area (Å²) in [6.07, 6.45) is -5.36. The highest BCUT2D eigenvalue weighted by Gasteiger charge is 2.31. The number of alkyl halides is 3. The highest BCUT2D eigenvalue weighted by Crippen LogP contribution is 2.32. The Morgan fingerprint density at radius 3 is 2.47 bits per heavy atom. The van der Waals surface area contributed by atoms with E-state index in [0.717, 1.165) is 0 Å². The summed E-state index contributed by atoms with van der Waals surface area (Å²) in [6, 6.07) is 3.50. The van der Waals surface area contributed by atoms with Crippen molar-refractivity contribution in [2.45, 2.75) is 18.6 Å². The Hall–Kier alpha value is -0.260. The molecule has 1 aromatic rings. The van der Waals surface area contributed by atoms with E-state index in [1.54, 1.807) is 6.07 Å². The SMILES string of the molecule is N[C@H](CC(F)(F)F)c1ccc(Br)cc1Cl. The van der Waals surface area contributed by atoms with E-state index >= 15 is 0 Å². The second kappa shape index (κ2) is 4.72.